The first kappa shape index (κ1) is 10.2. The minimum Gasteiger partial charge on any atom is -0.0897 e. The molecule has 58 valence electrons. The van der Waals surface area contributed by atoms with Crippen molar-refractivity contribution in [3.8, 4) is 0 Å². The van der Waals surface area contributed by atoms with Crippen LogP contribution in [0.15, 0.2) is 0 Å². The zero-order chi connectivity index (χ0) is 7.98. The van der Waals surface area contributed by atoms with Gasteiger partial charge in [0.25, 0.3) is 0 Å². The first-order chi connectivity index (χ1) is 4.70. The van der Waals surface area contributed by atoms with Crippen LogP contribution in [0.3, 0.4) is 0 Å². The van der Waals surface area contributed by atoms with E-state index in [2.05, 4.69) is 13.8 Å². The summed E-state index contributed by atoms with van der Waals surface area (Å²) in [7, 11) is 0. The third-order valence-electron chi connectivity index (χ3n) is 1.47. The van der Waals surface area contributed by atoms with E-state index in [1.165, 1.54) is 0 Å². The Morgan fingerprint density at radius 3 is 1.40 bits per heavy atom. The minimum atomic E-state index is 1.01. The molecule has 0 amide bonds. The minimum absolute atomic E-state index is 1.01. The molecule has 0 aliphatic carbocycles. The Balaban J connectivity index is 3.35. The molecule has 0 heterocycles. The summed E-state index contributed by atoms with van der Waals surface area (Å²) in [5, 5.41) is 0. The van der Waals surface area contributed by atoms with E-state index in [-0.39, 0.29) is 0 Å². The topological polar surface area (TPSA) is 0 Å². The van der Waals surface area contributed by atoms with Crippen LogP contribution in [0.4, 0.5) is 0 Å². The summed E-state index contributed by atoms with van der Waals surface area (Å²) in [6, 6.07) is 0. The Morgan fingerprint density at radius 2 is 1.20 bits per heavy atom. The van der Waals surface area contributed by atoms with E-state index in [4.69, 9.17) is 24.4 Å². The Morgan fingerprint density at radius 1 is 0.900 bits per heavy atom. The third kappa shape index (κ3) is 5.00. The zero-order valence-electron chi connectivity index (χ0n) is 6.64. The molecule has 0 nitrogen and oxygen atoms in total. The van der Waals surface area contributed by atoms with Crippen molar-refractivity contribution in [3.63, 3.8) is 0 Å². The SMILES string of the molecule is CCC(=S)CCC(=S)CC. The molecular formula is C8H14S2. The van der Waals surface area contributed by atoms with Gasteiger partial charge >= 0.3 is 0 Å². The molecule has 0 fully saturated rings. The van der Waals surface area contributed by atoms with Crippen molar-refractivity contribution >= 4 is 34.2 Å². The molecule has 0 aliphatic heterocycles. The summed E-state index contributed by atoms with van der Waals surface area (Å²) in [6.45, 7) is 4.19. The average molecular weight is 174 g/mol. The Labute approximate surface area is 74.0 Å². The van der Waals surface area contributed by atoms with Crippen LogP contribution in [0.25, 0.3) is 0 Å². The predicted octanol–water partition coefficient (Wildman–Crippen LogP) is 3.33. The average Bonchev–Trinajstić information content (AvgIpc) is 1.99. The van der Waals surface area contributed by atoms with E-state index in [9.17, 15) is 0 Å². The van der Waals surface area contributed by atoms with Gasteiger partial charge in [-0.2, -0.15) is 0 Å². The molecule has 0 saturated carbocycles. The maximum Gasteiger partial charge on any atom is -0.00708 e. The lowest BCUT2D eigenvalue weighted by Gasteiger charge is -1.99. The van der Waals surface area contributed by atoms with Gasteiger partial charge in [-0.15, -0.1) is 0 Å². The monoisotopic (exact) mass is 174 g/mol. The molecule has 0 saturated heterocycles. The normalized spacial score (nSPS) is 9.40. The molecule has 10 heavy (non-hydrogen) atoms. The summed E-state index contributed by atoms with van der Waals surface area (Å²) >= 11 is 10.1. The summed E-state index contributed by atoms with van der Waals surface area (Å²) in [4.78, 5) is 2.30. The highest BCUT2D eigenvalue weighted by atomic mass is 32.1. The largest absolute Gasteiger partial charge is 0.0897 e. The Hall–Kier alpha value is 0.180. The van der Waals surface area contributed by atoms with Crippen LogP contribution in [-0.2, 0) is 0 Å². The highest BCUT2D eigenvalue weighted by molar-refractivity contribution is 7.80. The van der Waals surface area contributed by atoms with E-state index in [0.717, 1.165) is 35.4 Å². The quantitative estimate of drug-likeness (QED) is 0.586. The fourth-order valence-corrected chi connectivity index (χ4v) is 0.837. The molecule has 0 bridgehead atoms. The number of thiocarbonyl (C=S) groups is 2. The van der Waals surface area contributed by atoms with Crippen molar-refractivity contribution in [1.29, 1.82) is 0 Å². The second kappa shape index (κ2) is 5.93. The summed E-state index contributed by atoms with van der Waals surface area (Å²) in [5.74, 6) is 0. The molecular weight excluding hydrogens is 160 g/mol. The van der Waals surface area contributed by atoms with Crippen molar-refractivity contribution in [2.24, 2.45) is 0 Å². The van der Waals surface area contributed by atoms with Gasteiger partial charge in [0.05, 0.1) is 0 Å². The van der Waals surface area contributed by atoms with Gasteiger partial charge in [-0.25, -0.2) is 0 Å². The number of rotatable bonds is 5. The summed E-state index contributed by atoms with van der Waals surface area (Å²) < 4.78 is 0. The number of hydrogen-bond acceptors (Lipinski definition) is 2. The van der Waals surface area contributed by atoms with Crippen LogP contribution < -0.4 is 0 Å². The van der Waals surface area contributed by atoms with Crippen molar-refractivity contribution in [3.05, 3.63) is 0 Å². The molecule has 0 aliphatic rings. The second-order valence-corrected chi connectivity index (χ2v) is 3.44. The molecule has 0 radical (unpaired) electrons. The molecule has 0 aromatic heterocycles. The first-order valence-corrected chi connectivity index (χ1v) is 4.55. The Bertz CT molecular complexity index is 111. The molecule has 0 atom stereocenters. The lowest BCUT2D eigenvalue weighted by molar-refractivity contribution is 1.09. The fourth-order valence-electron chi connectivity index (χ4n) is 0.632. The summed E-state index contributed by atoms with van der Waals surface area (Å²) in [5.41, 5.74) is 0. The smallest absolute Gasteiger partial charge is 0.00708 e. The highest BCUT2D eigenvalue weighted by Crippen LogP contribution is 2.01. The van der Waals surface area contributed by atoms with Gasteiger partial charge in [-0.1, -0.05) is 38.3 Å². The molecule has 0 rings (SSSR count). The van der Waals surface area contributed by atoms with Gasteiger partial charge in [-0.05, 0) is 35.4 Å². The fraction of sp³-hybridized carbons (Fsp3) is 0.750. The van der Waals surface area contributed by atoms with E-state index < -0.39 is 0 Å². The van der Waals surface area contributed by atoms with Crippen molar-refractivity contribution in [2.45, 2.75) is 39.5 Å². The lowest BCUT2D eigenvalue weighted by atomic mass is 10.1. The van der Waals surface area contributed by atoms with Gasteiger partial charge in [0.1, 0.15) is 0 Å². The van der Waals surface area contributed by atoms with Crippen LogP contribution in [0, 0.1) is 0 Å². The van der Waals surface area contributed by atoms with Crippen LogP contribution in [0.2, 0.25) is 0 Å². The molecule has 0 spiro atoms. The molecule has 2 heteroatoms. The Kier molecular flexibility index (Phi) is 6.03. The van der Waals surface area contributed by atoms with Crippen molar-refractivity contribution in [2.75, 3.05) is 0 Å². The predicted molar refractivity (Wildman–Crippen MR) is 55.0 cm³/mol. The lowest BCUT2D eigenvalue weighted by Crippen LogP contribution is -1.97. The zero-order valence-corrected chi connectivity index (χ0v) is 8.28. The van der Waals surface area contributed by atoms with E-state index in [1.54, 1.807) is 0 Å². The first-order valence-electron chi connectivity index (χ1n) is 3.74. The van der Waals surface area contributed by atoms with Crippen LogP contribution in [-0.4, -0.2) is 9.73 Å². The van der Waals surface area contributed by atoms with Gasteiger partial charge in [0.2, 0.25) is 0 Å². The van der Waals surface area contributed by atoms with E-state index >= 15 is 0 Å². The number of hydrogen-bond donors (Lipinski definition) is 0. The molecule has 0 aromatic rings. The van der Waals surface area contributed by atoms with Gasteiger partial charge in [0.15, 0.2) is 0 Å². The second-order valence-electron chi connectivity index (χ2n) is 2.28. The van der Waals surface area contributed by atoms with Crippen molar-refractivity contribution in [1.82, 2.24) is 0 Å². The summed E-state index contributed by atoms with van der Waals surface area (Å²) in [6.07, 6.45) is 4.06. The molecule has 0 N–H and O–H groups in total. The van der Waals surface area contributed by atoms with Gasteiger partial charge < -0.3 is 0 Å². The highest BCUT2D eigenvalue weighted by Gasteiger charge is 1.96. The molecule has 0 unspecified atom stereocenters. The van der Waals surface area contributed by atoms with Gasteiger partial charge in [-0.3, -0.25) is 0 Å². The maximum absolute atomic E-state index is 5.06. The van der Waals surface area contributed by atoms with Crippen LogP contribution >= 0.6 is 24.4 Å². The van der Waals surface area contributed by atoms with Gasteiger partial charge in [0, 0.05) is 0 Å². The van der Waals surface area contributed by atoms with Crippen LogP contribution in [0.1, 0.15) is 39.5 Å². The third-order valence-corrected chi connectivity index (χ3v) is 2.46. The standard InChI is InChI=1S/C8H14S2/c1-3-7(9)5-6-8(10)4-2/h3-6H2,1-2H3. The molecule has 0 aromatic carbocycles. The van der Waals surface area contributed by atoms with E-state index in [1.807, 2.05) is 0 Å². The maximum atomic E-state index is 5.06. The van der Waals surface area contributed by atoms with E-state index in [0.29, 0.717) is 0 Å². The van der Waals surface area contributed by atoms with Crippen molar-refractivity contribution < 1.29 is 0 Å². The van der Waals surface area contributed by atoms with Crippen LogP contribution in [0.5, 0.6) is 0 Å².